The summed E-state index contributed by atoms with van der Waals surface area (Å²) in [7, 11) is 0. The van der Waals surface area contributed by atoms with Gasteiger partial charge in [0.25, 0.3) is 5.82 Å². The van der Waals surface area contributed by atoms with Crippen LogP contribution in [0.2, 0.25) is 0 Å². The number of unbranched alkanes of at least 4 members (excludes halogenated alkanes) is 3. The van der Waals surface area contributed by atoms with E-state index >= 15 is 0 Å². The number of aryl methyl sites for hydroxylation is 2. The minimum atomic E-state index is -0.430. The van der Waals surface area contributed by atoms with Crippen molar-refractivity contribution < 1.29 is 22.1 Å². The molecule has 0 aliphatic rings. The van der Waals surface area contributed by atoms with Gasteiger partial charge < -0.3 is 17.5 Å². The van der Waals surface area contributed by atoms with Crippen molar-refractivity contribution in [1.82, 2.24) is 4.98 Å². The number of aliphatic hydroxyl groups excluding tert-OH is 1. The van der Waals surface area contributed by atoms with E-state index in [1.807, 2.05) is 6.92 Å². The number of aliphatic hydroxyl groups is 1. The van der Waals surface area contributed by atoms with Gasteiger partial charge in [0.05, 0.1) is 0 Å². The molecular formula is C17H33ClN2O. The first-order valence-corrected chi connectivity index (χ1v) is 8.47. The first-order chi connectivity index (χ1) is 9.65. The zero-order valence-corrected chi connectivity index (χ0v) is 15.0. The van der Waals surface area contributed by atoms with Gasteiger partial charge in [0.15, 0.2) is 6.23 Å². The fourth-order valence-corrected chi connectivity index (χ4v) is 2.77. The third-order valence-corrected chi connectivity index (χ3v) is 3.91. The standard InChI is InChI=1S/C17H32N2O.ClH/c1-5-8-11-15-16(12-9-6-2)19(14(4)20)17(18-15)13-10-7-3;/h14,20H,5-13H2,1-4H3;1H. The largest absolute Gasteiger partial charge is 1.00 e. The fraction of sp³-hybridized carbons (Fsp3) is 0.824. The van der Waals surface area contributed by atoms with Crippen LogP contribution in [0.4, 0.5) is 0 Å². The lowest BCUT2D eigenvalue weighted by atomic mass is 10.1. The molecule has 0 spiro atoms. The number of imidazole rings is 1. The summed E-state index contributed by atoms with van der Waals surface area (Å²) in [5.41, 5.74) is 2.69. The molecule has 0 fully saturated rings. The maximum atomic E-state index is 10.2. The van der Waals surface area contributed by atoms with Crippen molar-refractivity contribution >= 4 is 0 Å². The summed E-state index contributed by atoms with van der Waals surface area (Å²) < 4.78 is 2.15. The van der Waals surface area contributed by atoms with Gasteiger partial charge in [-0.25, -0.2) is 9.55 Å². The molecule has 1 rings (SSSR count). The van der Waals surface area contributed by atoms with E-state index in [0.717, 1.165) is 19.3 Å². The van der Waals surface area contributed by atoms with Gasteiger partial charge in [-0.3, -0.25) is 0 Å². The monoisotopic (exact) mass is 316 g/mol. The van der Waals surface area contributed by atoms with Crippen LogP contribution >= 0.6 is 0 Å². The van der Waals surface area contributed by atoms with Gasteiger partial charge in [0.2, 0.25) is 0 Å². The van der Waals surface area contributed by atoms with E-state index in [4.69, 9.17) is 0 Å². The van der Waals surface area contributed by atoms with Crippen LogP contribution in [0.25, 0.3) is 0 Å². The van der Waals surface area contributed by atoms with E-state index in [9.17, 15) is 5.11 Å². The molecule has 124 valence electrons. The van der Waals surface area contributed by atoms with Crippen molar-refractivity contribution in [3.63, 3.8) is 0 Å². The Morgan fingerprint density at radius 3 is 2.00 bits per heavy atom. The highest BCUT2D eigenvalue weighted by molar-refractivity contribution is 5.09. The maximum Gasteiger partial charge on any atom is 0.256 e. The van der Waals surface area contributed by atoms with E-state index in [1.54, 1.807) is 0 Å². The first kappa shape index (κ1) is 20.5. The number of hydrogen-bond donors (Lipinski definition) is 2. The van der Waals surface area contributed by atoms with Gasteiger partial charge >= 0.3 is 0 Å². The molecule has 2 N–H and O–H groups in total. The van der Waals surface area contributed by atoms with E-state index in [1.165, 1.54) is 55.7 Å². The maximum absolute atomic E-state index is 10.2. The highest BCUT2D eigenvalue weighted by Gasteiger charge is 2.25. The van der Waals surface area contributed by atoms with E-state index < -0.39 is 6.23 Å². The van der Waals surface area contributed by atoms with Crippen molar-refractivity contribution in [3.05, 3.63) is 17.2 Å². The second-order valence-corrected chi connectivity index (χ2v) is 5.81. The Labute approximate surface area is 136 Å². The predicted octanol–water partition coefficient (Wildman–Crippen LogP) is 0.845. The zero-order valence-electron chi connectivity index (χ0n) is 14.2. The second kappa shape index (κ2) is 11.1. The number of hydrogen-bond acceptors (Lipinski definition) is 1. The Kier molecular flexibility index (Phi) is 10.8. The van der Waals surface area contributed by atoms with Gasteiger partial charge in [-0.2, -0.15) is 0 Å². The molecule has 1 unspecified atom stereocenters. The summed E-state index contributed by atoms with van der Waals surface area (Å²) in [4.78, 5) is 3.61. The van der Waals surface area contributed by atoms with Crippen molar-refractivity contribution in [1.29, 1.82) is 0 Å². The summed E-state index contributed by atoms with van der Waals surface area (Å²) in [6, 6.07) is 0. The zero-order chi connectivity index (χ0) is 15.0. The van der Waals surface area contributed by atoms with Crippen LogP contribution in [-0.4, -0.2) is 10.1 Å². The van der Waals surface area contributed by atoms with Gasteiger partial charge in [-0.1, -0.05) is 40.0 Å². The van der Waals surface area contributed by atoms with Gasteiger partial charge in [-0.05, 0) is 19.3 Å². The molecule has 0 amide bonds. The number of nitrogens with zero attached hydrogens (tertiary/aromatic N) is 1. The van der Waals surface area contributed by atoms with Crippen LogP contribution in [0, 0.1) is 0 Å². The minimum absolute atomic E-state index is 0. The SMILES string of the molecule is CCCCc1[nH]c(CCCC)[n+](C(C)O)c1CCCC.[Cl-]. The lowest BCUT2D eigenvalue weighted by molar-refractivity contribution is -0.766. The molecule has 0 saturated heterocycles. The summed E-state index contributed by atoms with van der Waals surface area (Å²) >= 11 is 0. The Balaban J connectivity index is 0.00000400. The predicted molar refractivity (Wildman–Crippen MR) is 83.8 cm³/mol. The molecular weight excluding hydrogens is 284 g/mol. The third-order valence-electron chi connectivity index (χ3n) is 3.91. The molecule has 1 heterocycles. The van der Waals surface area contributed by atoms with E-state index in [-0.39, 0.29) is 12.4 Å². The molecule has 4 heteroatoms. The highest BCUT2D eigenvalue weighted by Crippen LogP contribution is 2.15. The van der Waals surface area contributed by atoms with Crippen LogP contribution < -0.4 is 17.0 Å². The Hall–Kier alpha value is -0.540. The number of aromatic amines is 1. The second-order valence-electron chi connectivity index (χ2n) is 5.81. The number of halogens is 1. The van der Waals surface area contributed by atoms with Crippen molar-refractivity contribution in [2.75, 3.05) is 0 Å². The Morgan fingerprint density at radius 1 is 0.952 bits per heavy atom. The quantitative estimate of drug-likeness (QED) is 0.617. The van der Waals surface area contributed by atoms with Crippen molar-refractivity contribution in [3.8, 4) is 0 Å². The highest BCUT2D eigenvalue weighted by atomic mass is 35.5. The number of nitrogens with one attached hydrogen (secondary N) is 1. The summed E-state index contributed by atoms with van der Waals surface area (Å²) in [6.45, 7) is 8.55. The molecule has 0 radical (unpaired) electrons. The molecule has 1 aromatic heterocycles. The average molecular weight is 317 g/mol. The number of aromatic nitrogens is 2. The Morgan fingerprint density at radius 2 is 1.48 bits per heavy atom. The minimum Gasteiger partial charge on any atom is -1.00 e. The first-order valence-electron chi connectivity index (χ1n) is 8.47. The smallest absolute Gasteiger partial charge is 0.256 e. The van der Waals surface area contributed by atoms with Crippen molar-refractivity contribution in [2.45, 2.75) is 91.7 Å². The third kappa shape index (κ3) is 5.99. The number of H-pyrrole nitrogens is 1. The van der Waals surface area contributed by atoms with Crippen LogP contribution in [0.5, 0.6) is 0 Å². The summed E-state index contributed by atoms with van der Waals surface area (Å²) in [5, 5.41) is 10.2. The van der Waals surface area contributed by atoms with Gasteiger partial charge in [0.1, 0.15) is 11.4 Å². The molecule has 0 bridgehead atoms. The molecule has 21 heavy (non-hydrogen) atoms. The number of rotatable bonds is 10. The van der Waals surface area contributed by atoms with Gasteiger partial charge in [-0.15, -0.1) is 0 Å². The lowest BCUT2D eigenvalue weighted by Crippen LogP contribution is -3.00. The molecule has 0 saturated carbocycles. The Bertz CT molecular complexity index is 388. The molecule has 1 aromatic rings. The molecule has 0 aliphatic carbocycles. The normalized spacial score (nSPS) is 12.2. The van der Waals surface area contributed by atoms with E-state index in [2.05, 4.69) is 30.3 Å². The summed E-state index contributed by atoms with van der Waals surface area (Å²) in [6.07, 6.45) is 9.96. The average Bonchev–Trinajstić information content (AvgIpc) is 2.78. The van der Waals surface area contributed by atoms with Crippen LogP contribution in [-0.2, 0) is 19.3 Å². The fourth-order valence-electron chi connectivity index (χ4n) is 2.77. The van der Waals surface area contributed by atoms with Crippen LogP contribution in [0.15, 0.2) is 0 Å². The molecule has 3 nitrogen and oxygen atoms in total. The molecule has 0 aliphatic heterocycles. The summed E-state index contributed by atoms with van der Waals surface area (Å²) in [5.74, 6) is 1.21. The molecule has 1 atom stereocenters. The molecule has 0 aromatic carbocycles. The van der Waals surface area contributed by atoms with E-state index in [0.29, 0.717) is 0 Å². The van der Waals surface area contributed by atoms with Crippen LogP contribution in [0.1, 0.15) is 89.7 Å². The topological polar surface area (TPSA) is 39.9 Å². The van der Waals surface area contributed by atoms with Crippen molar-refractivity contribution in [2.24, 2.45) is 0 Å². The lowest BCUT2D eigenvalue weighted by Gasteiger charge is -2.08. The van der Waals surface area contributed by atoms with Gasteiger partial charge in [0, 0.05) is 26.2 Å². The van der Waals surface area contributed by atoms with Crippen LogP contribution in [0.3, 0.4) is 0 Å².